The summed E-state index contributed by atoms with van der Waals surface area (Å²) in [5.41, 5.74) is 6.24. The minimum atomic E-state index is -0.869. The summed E-state index contributed by atoms with van der Waals surface area (Å²) in [6.45, 7) is 0. The SMILES string of the molecule is COC(=O)C(=C[NH])C(=O)OC. The Morgan fingerprint density at radius 3 is 1.73 bits per heavy atom. The van der Waals surface area contributed by atoms with Crippen LogP contribution in [0.25, 0.3) is 0 Å². The van der Waals surface area contributed by atoms with Crippen molar-refractivity contribution in [1.82, 2.24) is 5.73 Å². The van der Waals surface area contributed by atoms with Crippen LogP contribution in [0, 0.1) is 0 Å². The normalized spacial score (nSPS) is 8.18. The number of ether oxygens (including phenoxy) is 2. The summed E-state index contributed by atoms with van der Waals surface area (Å²) >= 11 is 0. The van der Waals surface area contributed by atoms with Gasteiger partial charge in [-0.1, -0.05) is 0 Å². The first kappa shape index (κ1) is 9.48. The van der Waals surface area contributed by atoms with Crippen molar-refractivity contribution in [3.63, 3.8) is 0 Å². The van der Waals surface area contributed by atoms with Crippen molar-refractivity contribution in [2.45, 2.75) is 0 Å². The molecule has 0 amide bonds. The topological polar surface area (TPSA) is 76.4 Å². The Kier molecular flexibility index (Phi) is 3.72. The van der Waals surface area contributed by atoms with Gasteiger partial charge in [0.25, 0.3) is 0 Å². The summed E-state index contributed by atoms with van der Waals surface area (Å²) in [5, 5.41) is 0. The molecule has 0 aliphatic rings. The minimum Gasteiger partial charge on any atom is -0.465 e. The Hall–Kier alpha value is -1.52. The molecule has 0 atom stereocenters. The molecular formula is C6H8NO4. The highest BCUT2D eigenvalue weighted by Gasteiger charge is 2.18. The summed E-state index contributed by atoms with van der Waals surface area (Å²) in [6, 6.07) is 0. The third-order valence-electron chi connectivity index (χ3n) is 0.955. The van der Waals surface area contributed by atoms with Crippen LogP contribution in [0.15, 0.2) is 11.8 Å². The molecule has 5 nitrogen and oxygen atoms in total. The maximum absolute atomic E-state index is 10.6. The predicted octanol–water partition coefficient (Wildman–Crippen LogP) is -0.501. The molecule has 0 fully saturated rings. The molecule has 0 bridgehead atoms. The van der Waals surface area contributed by atoms with Crippen LogP contribution < -0.4 is 5.73 Å². The van der Waals surface area contributed by atoms with Gasteiger partial charge < -0.3 is 15.2 Å². The molecule has 0 spiro atoms. The van der Waals surface area contributed by atoms with Crippen LogP contribution >= 0.6 is 0 Å². The van der Waals surface area contributed by atoms with Gasteiger partial charge in [-0.25, -0.2) is 9.59 Å². The van der Waals surface area contributed by atoms with Crippen molar-refractivity contribution >= 4 is 11.9 Å². The van der Waals surface area contributed by atoms with E-state index in [0.717, 1.165) is 14.2 Å². The molecule has 0 saturated carbocycles. The molecule has 5 heteroatoms. The fourth-order valence-electron chi connectivity index (χ4n) is 0.421. The highest BCUT2D eigenvalue weighted by atomic mass is 16.5. The summed E-state index contributed by atoms with van der Waals surface area (Å²) in [5.74, 6) is -1.74. The number of nitrogens with one attached hydrogen (secondary N) is 1. The predicted molar refractivity (Wildman–Crippen MR) is 35.2 cm³/mol. The average molecular weight is 158 g/mol. The van der Waals surface area contributed by atoms with E-state index < -0.39 is 17.5 Å². The maximum atomic E-state index is 10.6. The Labute approximate surface area is 63.8 Å². The zero-order valence-corrected chi connectivity index (χ0v) is 6.21. The molecule has 0 aromatic rings. The molecule has 0 unspecified atom stereocenters. The van der Waals surface area contributed by atoms with Gasteiger partial charge in [-0.15, -0.1) is 0 Å². The largest absolute Gasteiger partial charge is 0.465 e. The third-order valence-corrected chi connectivity index (χ3v) is 0.955. The molecule has 0 heterocycles. The number of hydrogen-bond acceptors (Lipinski definition) is 4. The smallest absolute Gasteiger partial charge is 0.346 e. The molecule has 61 valence electrons. The van der Waals surface area contributed by atoms with E-state index in [2.05, 4.69) is 9.47 Å². The highest BCUT2D eigenvalue weighted by molar-refractivity contribution is 6.13. The van der Waals surface area contributed by atoms with Gasteiger partial charge >= 0.3 is 11.9 Å². The third kappa shape index (κ3) is 2.29. The summed E-state index contributed by atoms with van der Waals surface area (Å²) in [7, 11) is 2.24. The maximum Gasteiger partial charge on any atom is 0.346 e. The van der Waals surface area contributed by atoms with Crippen molar-refractivity contribution in [2.75, 3.05) is 14.2 Å². The van der Waals surface area contributed by atoms with E-state index in [4.69, 9.17) is 5.73 Å². The van der Waals surface area contributed by atoms with Gasteiger partial charge in [-0.2, -0.15) is 0 Å². The zero-order chi connectivity index (χ0) is 8.85. The summed E-state index contributed by atoms with van der Waals surface area (Å²) < 4.78 is 8.40. The zero-order valence-electron chi connectivity index (χ0n) is 6.21. The standard InChI is InChI=1S/C6H8NO4/c1-10-5(8)4(3-7)6(9)11-2/h3,7H,1-2H3. The fraction of sp³-hybridized carbons (Fsp3) is 0.333. The Bertz CT molecular complexity index is 179. The van der Waals surface area contributed by atoms with E-state index in [0.29, 0.717) is 6.20 Å². The fourth-order valence-corrected chi connectivity index (χ4v) is 0.421. The number of carbonyl (C=O) groups is 2. The molecule has 0 saturated heterocycles. The lowest BCUT2D eigenvalue weighted by atomic mass is 10.3. The average Bonchev–Trinajstić information content (AvgIpc) is 2.05. The lowest BCUT2D eigenvalue weighted by molar-refractivity contribution is -0.144. The van der Waals surface area contributed by atoms with Crippen molar-refractivity contribution in [1.29, 1.82) is 0 Å². The first-order valence-electron chi connectivity index (χ1n) is 2.71. The number of carbonyl (C=O) groups excluding carboxylic acids is 2. The van der Waals surface area contributed by atoms with Crippen LogP contribution in [0.5, 0.6) is 0 Å². The van der Waals surface area contributed by atoms with E-state index in [9.17, 15) is 9.59 Å². The molecule has 11 heavy (non-hydrogen) atoms. The van der Waals surface area contributed by atoms with Crippen molar-refractivity contribution in [3.8, 4) is 0 Å². The second-order valence-electron chi connectivity index (χ2n) is 1.54. The second-order valence-corrected chi connectivity index (χ2v) is 1.54. The van der Waals surface area contributed by atoms with Crippen LogP contribution in [0.4, 0.5) is 0 Å². The van der Waals surface area contributed by atoms with Crippen molar-refractivity contribution in [2.24, 2.45) is 0 Å². The quantitative estimate of drug-likeness (QED) is 0.235. The van der Waals surface area contributed by atoms with Gasteiger partial charge in [0.05, 0.1) is 14.2 Å². The second kappa shape index (κ2) is 4.32. The van der Waals surface area contributed by atoms with Crippen LogP contribution in [0.1, 0.15) is 0 Å². The van der Waals surface area contributed by atoms with E-state index in [1.165, 1.54) is 0 Å². The van der Waals surface area contributed by atoms with E-state index in [1.54, 1.807) is 0 Å². The Morgan fingerprint density at radius 2 is 1.55 bits per heavy atom. The molecule has 0 aromatic carbocycles. The molecule has 0 aliphatic heterocycles. The number of methoxy groups -OCH3 is 2. The lowest BCUT2D eigenvalue weighted by Gasteiger charge is -1.99. The lowest BCUT2D eigenvalue weighted by Crippen LogP contribution is -2.15. The van der Waals surface area contributed by atoms with Crippen LogP contribution in [0.3, 0.4) is 0 Å². The molecule has 0 aliphatic carbocycles. The van der Waals surface area contributed by atoms with E-state index >= 15 is 0 Å². The molecule has 1 radical (unpaired) electrons. The Balaban J connectivity index is 4.43. The molecule has 1 N–H and O–H groups in total. The van der Waals surface area contributed by atoms with Gasteiger partial charge in [-0.05, 0) is 0 Å². The monoisotopic (exact) mass is 158 g/mol. The summed E-state index contributed by atoms with van der Waals surface area (Å²) in [4.78, 5) is 21.3. The van der Waals surface area contributed by atoms with Crippen molar-refractivity contribution in [3.05, 3.63) is 11.8 Å². The number of esters is 2. The van der Waals surface area contributed by atoms with Gasteiger partial charge in [0, 0.05) is 6.20 Å². The highest BCUT2D eigenvalue weighted by Crippen LogP contribution is 1.97. The van der Waals surface area contributed by atoms with Gasteiger partial charge in [-0.3, -0.25) is 0 Å². The summed E-state index contributed by atoms with van der Waals surface area (Å²) in [6.07, 6.45) is 0.595. The van der Waals surface area contributed by atoms with Gasteiger partial charge in [0.15, 0.2) is 5.57 Å². The van der Waals surface area contributed by atoms with E-state index in [1.807, 2.05) is 0 Å². The first-order chi connectivity index (χ1) is 5.17. The van der Waals surface area contributed by atoms with E-state index in [-0.39, 0.29) is 0 Å². The molecular weight excluding hydrogens is 150 g/mol. The van der Waals surface area contributed by atoms with Crippen LogP contribution in [-0.4, -0.2) is 26.2 Å². The van der Waals surface area contributed by atoms with Gasteiger partial charge in [0.1, 0.15) is 0 Å². The van der Waals surface area contributed by atoms with Crippen LogP contribution in [-0.2, 0) is 19.1 Å². The number of hydrogen-bond donors (Lipinski definition) is 0. The first-order valence-corrected chi connectivity index (χ1v) is 2.71. The molecule has 0 rings (SSSR count). The minimum absolute atomic E-state index is 0.421. The molecule has 0 aromatic heterocycles. The van der Waals surface area contributed by atoms with Gasteiger partial charge in [0.2, 0.25) is 0 Å². The van der Waals surface area contributed by atoms with Crippen LogP contribution in [0.2, 0.25) is 0 Å². The van der Waals surface area contributed by atoms with Crippen molar-refractivity contribution < 1.29 is 19.1 Å². The number of rotatable bonds is 2. The Morgan fingerprint density at radius 1 is 1.18 bits per heavy atom.